The molecule has 13 heavy (non-hydrogen) atoms. The van der Waals surface area contributed by atoms with Crippen LogP contribution in [0.2, 0.25) is 0 Å². The topological polar surface area (TPSA) is 45.0 Å². The molecule has 1 aliphatic heterocycles. The summed E-state index contributed by atoms with van der Waals surface area (Å²) in [7, 11) is 0. The van der Waals surface area contributed by atoms with E-state index in [1.165, 1.54) is 5.69 Å². The van der Waals surface area contributed by atoms with Crippen LogP contribution < -0.4 is 5.73 Å². The molecular weight excluding hydrogens is 162 g/mol. The third-order valence-corrected chi connectivity index (χ3v) is 2.88. The fourth-order valence-corrected chi connectivity index (χ4v) is 1.97. The number of H-pyrrole nitrogens is 1. The van der Waals surface area contributed by atoms with Gasteiger partial charge in [0.15, 0.2) is 0 Å². The van der Waals surface area contributed by atoms with E-state index in [1.54, 1.807) is 0 Å². The molecule has 1 aliphatic rings. The van der Waals surface area contributed by atoms with Gasteiger partial charge in [0.1, 0.15) is 0 Å². The number of nitrogens with zero attached hydrogens (tertiary/aromatic N) is 1. The van der Waals surface area contributed by atoms with Gasteiger partial charge >= 0.3 is 0 Å². The highest BCUT2D eigenvalue weighted by Crippen LogP contribution is 2.22. The van der Waals surface area contributed by atoms with Crippen molar-refractivity contribution in [1.29, 1.82) is 0 Å². The van der Waals surface area contributed by atoms with E-state index in [1.807, 2.05) is 12.3 Å². The van der Waals surface area contributed by atoms with E-state index in [4.69, 9.17) is 5.73 Å². The van der Waals surface area contributed by atoms with Gasteiger partial charge in [0.25, 0.3) is 0 Å². The van der Waals surface area contributed by atoms with Crippen molar-refractivity contribution in [2.45, 2.75) is 25.4 Å². The Balaban J connectivity index is 2.02. The van der Waals surface area contributed by atoms with Crippen molar-refractivity contribution >= 4 is 0 Å². The maximum atomic E-state index is 5.86. The van der Waals surface area contributed by atoms with Gasteiger partial charge in [0.05, 0.1) is 0 Å². The Morgan fingerprint density at radius 2 is 2.54 bits per heavy atom. The van der Waals surface area contributed by atoms with Crippen LogP contribution in [0.4, 0.5) is 0 Å². The van der Waals surface area contributed by atoms with Crippen LogP contribution in [-0.4, -0.2) is 29.0 Å². The first kappa shape index (κ1) is 8.78. The Labute approximate surface area is 78.9 Å². The lowest BCUT2D eigenvalue weighted by Gasteiger charge is -2.22. The number of nitrogens with one attached hydrogen (secondary N) is 1. The number of hydrogen-bond acceptors (Lipinski definition) is 2. The highest BCUT2D eigenvalue weighted by molar-refractivity contribution is 5.09. The number of aromatic amines is 1. The standard InChI is InChI=1S/C10H17N3/c1-8(10-3-2-5-12-10)13-6-4-9(11)7-13/h2-3,5,8-9,12H,4,6-7,11H2,1H3/t8?,9-/m0/s1. The van der Waals surface area contributed by atoms with Gasteiger partial charge in [-0.3, -0.25) is 4.90 Å². The molecule has 3 nitrogen and oxygen atoms in total. The lowest BCUT2D eigenvalue weighted by atomic mass is 10.2. The summed E-state index contributed by atoms with van der Waals surface area (Å²) in [6.45, 7) is 4.38. The van der Waals surface area contributed by atoms with E-state index in [0.717, 1.165) is 19.5 Å². The van der Waals surface area contributed by atoms with Crippen LogP contribution in [0, 0.1) is 0 Å². The van der Waals surface area contributed by atoms with Crippen molar-refractivity contribution in [2.75, 3.05) is 13.1 Å². The molecule has 0 aromatic carbocycles. The van der Waals surface area contributed by atoms with Crippen LogP contribution in [0.3, 0.4) is 0 Å². The molecule has 0 amide bonds. The first-order chi connectivity index (χ1) is 6.27. The molecule has 0 bridgehead atoms. The molecule has 2 rings (SSSR count). The molecule has 1 saturated heterocycles. The molecule has 1 aromatic heterocycles. The molecule has 2 heterocycles. The smallest absolute Gasteiger partial charge is 0.0470 e. The minimum atomic E-state index is 0.373. The molecule has 3 heteroatoms. The summed E-state index contributed by atoms with van der Waals surface area (Å²) in [6, 6.07) is 5.03. The van der Waals surface area contributed by atoms with Gasteiger partial charge < -0.3 is 10.7 Å². The van der Waals surface area contributed by atoms with Crippen LogP contribution in [0.5, 0.6) is 0 Å². The predicted octanol–water partition coefficient (Wildman–Crippen LogP) is 1.11. The molecule has 0 saturated carbocycles. The second-order valence-corrected chi connectivity index (χ2v) is 3.85. The van der Waals surface area contributed by atoms with Crippen LogP contribution in [0.25, 0.3) is 0 Å². The fraction of sp³-hybridized carbons (Fsp3) is 0.600. The van der Waals surface area contributed by atoms with Crippen LogP contribution in [-0.2, 0) is 0 Å². The average Bonchev–Trinajstić information content (AvgIpc) is 2.72. The minimum absolute atomic E-state index is 0.373. The maximum absolute atomic E-state index is 5.86. The summed E-state index contributed by atoms with van der Waals surface area (Å²) < 4.78 is 0. The molecule has 1 unspecified atom stereocenters. The van der Waals surface area contributed by atoms with Gasteiger partial charge in [-0.15, -0.1) is 0 Å². The van der Waals surface area contributed by atoms with Gasteiger partial charge in [-0.2, -0.15) is 0 Å². The summed E-state index contributed by atoms with van der Waals surface area (Å²) in [5.74, 6) is 0. The number of likely N-dealkylation sites (tertiary alicyclic amines) is 1. The van der Waals surface area contributed by atoms with E-state index in [2.05, 4.69) is 22.9 Å². The summed E-state index contributed by atoms with van der Waals surface area (Å²) in [4.78, 5) is 5.67. The lowest BCUT2D eigenvalue weighted by molar-refractivity contribution is 0.256. The molecule has 72 valence electrons. The largest absolute Gasteiger partial charge is 0.364 e. The molecule has 2 atom stereocenters. The van der Waals surface area contributed by atoms with Gasteiger partial charge in [-0.1, -0.05) is 0 Å². The van der Waals surface area contributed by atoms with Crippen molar-refractivity contribution in [3.63, 3.8) is 0 Å². The van der Waals surface area contributed by atoms with E-state index in [9.17, 15) is 0 Å². The zero-order valence-electron chi connectivity index (χ0n) is 8.03. The fourth-order valence-electron chi connectivity index (χ4n) is 1.97. The Morgan fingerprint density at radius 3 is 3.08 bits per heavy atom. The molecule has 3 N–H and O–H groups in total. The Bertz CT molecular complexity index is 255. The first-order valence-corrected chi connectivity index (χ1v) is 4.90. The normalized spacial score (nSPS) is 26.5. The second-order valence-electron chi connectivity index (χ2n) is 3.85. The lowest BCUT2D eigenvalue weighted by Crippen LogP contribution is -2.28. The SMILES string of the molecule is CC(c1ccc[nH]1)N1CC[C@H](N)C1. The first-order valence-electron chi connectivity index (χ1n) is 4.90. The van der Waals surface area contributed by atoms with Crippen molar-refractivity contribution in [2.24, 2.45) is 5.73 Å². The Morgan fingerprint density at radius 1 is 1.69 bits per heavy atom. The number of nitrogens with two attached hydrogens (primary N) is 1. The zero-order chi connectivity index (χ0) is 9.26. The second kappa shape index (κ2) is 3.52. The van der Waals surface area contributed by atoms with E-state index in [0.29, 0.717) is 12.1 Å². The summed E-state index contributed by atoms with van der Waals surface area (Å²) in [6.07, 6.45) is 3.10. The molecular formula is C10H17N3. The number of aromatic nitrogens is 1. The summed E-state index contributed by atoms with van der Waals surface area (Å²) in [5, 5.41) is 0. The predicted molar refractivity (Wildman–Crippen MR) is 53.4 cm³/mol. The van der Waals surface area contributed by atoms with Gasteiger partial charge in [0, 0.05) is 37.1 Å². The Kier molecular flexibility index (Phi) is 2.38. The molecule has 1 fully saturated rings. The van der Waals surface area contributed by atoms with E-state index < -0.39 is 0 Å². The number of rotatable bonds is 2. The van der Waals surface area contributed by atoms with E-state index in [-0.39, 0.29) is 0 Å². The van der Waals surface area contributed by atoms with Gasteiger partial charge in [-0.05, 0) is 25.5 Å². The van der Waals surface area contributed by atoms with Crippen molar-refractivity contribution < 1.29 is 0 Å². The highest BCUT2D eigenvalue weighted by atomic mass is 15.2. The molecule has 0 radical (unpaired) electrons. The van der Waals surface area contributed by atoms with Gasteiger partial charge in [-0.25, -0.2) is 0 Å². The van der Waals surface area contributed by atoms with Crippen molar-refractivity contribution in [3.05, 3.63) is 24.0 Å². The van der Waals surface area contributed by atoms with Crippen LogP contribution in [0.1, 0.15) is 25.1 Å². The van der Waals surface area contributed by atoms with Crippen LogP contribution >= 0.6 is 0 Å². The number of hydrogen-bond donors (Lipinski definition) is 2. The average molecular weight is 179 g/mol. The quantitative estimate of drug-likeness (QED) is 0.714. The summed E-state index contributed by atoms with van der Waals surface area (Å²) in [5.41, 5.74) is 7.15. The van der Waals surface area contributed by atoms with E-state index >= 15 is 0 Å². The third kappa shape index (κ3) is 1.76. The monoisotopic (exact) mass is 179 g/mol. The third-order valence-electron chi connectivity index (χ3n) is 2.88. The van der Waals surface area contributed by atoms with Crippen molar-refractivity contribution in [1.82, 2.24) is 9.88 Å². The van der Waals surface area contributed by atoms with Gasteiger partial charge in [0.2, 0.25) is 0 Å². The molecule has 0 spiro atoms. The molecule has 0 aliphatic carbocycles. The maximum Gasteiger partial charge on any atom is 0.0470 e. The minimum Gasteiger partial charge on any atom is -0.364 e. The van der Waals surface area contributed by atoms with Crippen LogP contribution in [0.15, 0.2) is 18.3 Å². The molecule has 1 aromatic rings. The highest BCUT2D eigenvalue weighted by Gasteiger charge is 2.24. The Hall–Kier alpha value is -0.800. The van der Waals surface area contributed by atoms with Crippen molar-refractivity contribution in [3.8, 4) is 0 Å². The zero-order valence-corrected chi connectivity index (χ0v) is 8.03. The summed E-state index contributed by atoms with van der Waals surface area (Å²) >= 11 is 0.